The Hall–Kier alpha value is -1.82. The Balaban J connectivity index is 1.93. The molecule has 0 bridgehead atoms. The van der Waals surface area contributed by atoms with Crippen LogP contribution >= 0.6 is 0 Å². The van der Waals surface area contributed by atoms with E-state index < -0.39 is 5.97 Å². The van der Waals surface area contributed by atoms with E-state index in [1.165, 1.54) is 25.1 Å². The van der Waals surface area contributed by atoms with E-state index in [0.717, 1.165) is 19.6 Å². The Labute approximate surface area is 105 Å². The summed E-state index contributed by atoms with van der Waals surface area (Å²) in [4.78, 5) is 17.2. The summed E-state index contributed by atoms with van der Waals surface area (Å²) in [5, 5.41) is 9.03. The van der Waals surface area contributed by atoms with Crippen LogP contribution in [0.15, 0.2) is 12.3 Å². The first-order chi connectivity index (χ1) is 8.66. The van der Waals surface area contributed by atoms with Gasteiger partial charge in [-0.1, -0.05) is 0 Å². The van der Waals surface area contributed by atoms with Gasteiger partial charge < -0.3 is 15.6 Å². The molecule has 0 aromatic carbocycles. The summed E-state index contributed by atoms with van der Waals surface area (Å²) in [6, 6.07) is 1.31. The number of nitrogens with two attached hydrogens (primary N) is 1. The van der Waals surface area contributed by atoms with Gasteiger partial charge >= 0.3 is 5.97 Å². The molecule has 1 aliphatic rings. The van der Waals surface area contributed by atoms with E-state index in [0.29, 0.717) is 6.61 Å². The Morgan fingerprint density at radius 2 is 2.22 bits per heavy atom. The number of carbonyl (C=O) groups is 1. The normalized spacial score (nSPS) is 15.8. The first kappa shape index (κ1) is 12.6. The van der Waals surface area contributed by atoms with Crippen molar-refractivity contribution in [1.82, 2.24) is 9.88 Å². The first-order valence-electron chi connectivity index (χ1n) is 6.01. The Kier molecular flexibility index (Phi) is 3.99. The minimum Gasteiger partial charge on any atom is -0.490 e. The van der Waals surface area contributed by atoms with Crippen molar-refractivity contribution in [3.05, 3.63) is 17.8 Å². The molecule has 0 saturated carbocycles. The lowest BCUT2D eigenvalue weighted by molar-refractivity contribution is 0.0691. The molecule has 18 heavy (non-hydrogen) atoms. The molecule has 1 aromatic heterocycles. The molecule has 1 aliphatic heterocycles. The number of carboxylic acid groups (broad SMARTS) is 1. The number of pyridine rings is 1. The molecule has 2 rings (SSSR count). The van der Waals surface area contributed by atoms with E-state index in [9.17, 15) is 4.79 Å². The highest BCUT2D eigenvalue weighted by atomic mass is 16.5. The van der Waals surface area contributed by atoms with E-state index in [1.54, 1.807) is 0 Å². The lowest BCUT2D eigenvalue weighted by Crippen LogP contribution is -2.25. The van der Waals surface area contributed by atoms with Crippen molar-refractivity contribution >= 4 is 11.8 Å². The summed E-state index contributed by atoms with van der Waals surface area (Å²) in [6.45, 7) is 3.46. The molecule has 1 fully saturated rings. The number of anilines is 1. The third kappa shape index (κ3) is 3.10. The van der Waals surface area contributed by atoms with E-state index in [-0.39, 0.29) is 17.1 Å². The van der Waals surface area contributed by atoms with Gasteiger partial charge in [0.05, 0.1) is 6.20 Å². The zero-order valence-corrected chi connectivity index (χ0v) is 10.1. The Morgan fingerprint density at radius 3 is 2.89 bits per heavy atom. The minimum atomic E-state index is -1.06. The first-order valence-corrected chi connectivity index (χ1v) is 6.01. The molecule has 3 N–H and O–H groups in total. The maximum atomic E-state index is 11.0. The molecule has 1 saturated heterocycles. The van der Waals surface area contributed by atoms with Crippen LogP contribution in [0.5, 0.6) is 5.75 Å². The van der Waals surface area contributed by atoms with Crippen LogP contribution in [0.2, 0.25) is 0 Å². The van der Waals surface area contributed by atoms with Gasteiger partial charge in [-0.2, -0.15) is 0 Å². The second kappa shape index (κ2) is 5.68. The molecule has 0 spiro atoms. The van der Waals surface area contributed by atoms with Crippen molar-refractivity contribution in [1.29, 1.82) is 0 Å². The summed E-state index contributed by atoms with van der Waals surface area (Å²) in [5.74, 6) is -0.601. The monoisotopic (exact) mass is 251 g/mol. The van der Waals surface area contributed by atoms with Gasteiger partial charge in [0.25, 0.3) is 0 Å². The van der Waals surface area contributed by atoms with E-state index in [4.69, 9.17) is 15.6 Å². The average Bonchev–Trinajstić information content (AvgIpc) is 2.84. The molecule has 1 aromatic rings. The third-order valence-electron chi connectivity index (χ3n) is 2.98. The summed E-state index contributed by atoms with van der Waals surface area (Å²) < 4.78 is 5.47. The SMILES string of the molecule is Nc1cc(C(=O)O)c(OCCN2CCCC2)cn1. The quantitative estimate of drug-likeness (QED) is 0.806. The van der Waals surface area contributed by atoms with Crippen LogP contribution in [0, 0.1) is 0 Å². The summed E-state index contributed by atoms with van der Waals surface area (Å²) in [5.41, 5.74) is 5.51. The fourth-order valence-corrected chi connectivity index (χ4v) is 2.03. The highest BCUT2D eigenvalue weighted by Crippen LogP contribution is 2.19. The predicted molar refractivity (Wildman–Crippen MR) is 66.8 cm³/mol. The maximum absolute atomic E-state index is 11.0. The maximum Gasteiger partial charge on any atom is 0.339 e. The molecule has 0 amide bonds. The molecule has 0 unspecified atom stereocenters. The fourth-order valence-electron chi connectivity index (χ4n) is 2.03. The zero-order chi connectivity index (χ0) is 13.0. The molecule has 2 heterocycles. The predicted octanol–water partition coefficient (Wildman–Crippen LogP) is 0.837. The summed E-state index contributed by atoms with van der Waals surface area (Å²) >= 11 is 0. The van der Waals surface area contributed by atoms with Crippen molar-refractivity contribution in [2.75, 3.05) is 32.0 Å². The van der Waals surface area contributed by atoms with E-state index >= 15 is 0 Å². The van der Waals surface area contributed by atoms with Crippen molar-refractivity contribution < 1.29 is 14.6 Å². The molecular weight excluding hydrogens is 234 g/mol. The standard InChI is InChI=1S/C12H17N3O3/c13-11-7-9(12(16)17)10(8-14-11)18-6-5-15-3-1-2-4-15/h7-8H,1-6H2,(H2,13,14)(H,16,17). The van der Waals surface area contributed by atoms with Crippen LogP contribution in [-0.2, 0) is 0 Å². The summed E-state index contributed by atoms with van der Waals surface area (Å²) in [7, 11) is 0. The van der Waals surface area contributed by atoms with Gasteiger partial charge in [0, 0.05) is 6.54 Å². The van der Waals surface area contributed by atoms with Gasteiger partial charge in [-0.05, 0) is 32.0 Å². The number of ether oxygens (including phenoxy) is 1. The number of carboxylic acids is 1. The second-order valence-electron chi connectivity index (χ2n) is 4.31. The molecule has 0 aliphatic carbocycles. The highest BCUT2D eigenvalue weighted by Gasteiger charge is 2.14. The van der Waals surface area contributed by atoms with Gasteiger partial charge in [0.15, 0.2) is 5.75 Å². The Bertz CT molecular complexity index is 431. The van der Waals surface area contributed by atoms with Crippen LogP contribution in [0.3, 0.4) is 0 Å². The molecule has 98 valence electrons. The molecular formula is C12H17N3O3. The second-order valence-corrected chi connectivity index (χ2v) is 4.31. The van der Waals surface area contributed by atoms with Crippen molar-refractivity contribution in [3.8, 4) is 5.75 Å². The van der Waals surface area contributed by atoms with Gasteiger partial charge in [-0.15, -0.1) is 0 Å². The minimum absolute atomic E-state index is 0.0592. The van der Waals surface area contributed by atoms with Crippen molar-refractivity contribution in [2.24, 2.45) is 0 Å². The third-order valence-corrected chi connectivity index (χ3v) is 2.98. The molecule has 6 heteroatoms. The Morgan fingerprint density at radius 1 is 1.50 bits per heavy atom. The van der Waals surface area contributed by atoms with E-state index in [2.05, 4.69) is 9.88 Å². The molecule has 0 radical (unpaired) electrons. The number of hydrogen-bond donors (Lipinski definition) is 2. The van der Waals surface area contributed by atoms with Gasteiger partial charge in [-0.3, -0.25) is 4.90 Å². The number of likely N-dealkylation sites (tertiary alicyclic amines) is 1. The van der Waals surface area contributed by atoms with Gasteiger partial charge in [0.2, 0.25) is 0 Å². The van der Waals surface area contributed by atoms with Crippen molar-refractivity contribution in [2.45, 2.75) is 12.8 Å². The lowest BCUT2D eigenvalue weighted by atomic mass is 10.2. The number of rotatable bonds is 5. The van der Waals surface area contributed by atoms with Gasteiger partial charge in [0.1, 0.15) is 18.0 Å². The van der Waals surface area contributed by atoms with Crippen LogP contribution in [-0.4, -0.2) is 47.2 Å². The van der Waals surface area contributed by atoms with Gasteiger partial charge in [-0.25, -0.2) is 9.78 Å². The molecule has 6 nitrogen and oxygen atoms in total. The fraction of sp³-hybridized carbons (Fsp3) is 0.500. The summed E-state index contributed by atoms with van der Waals surface area (Å²) in [6.07, 6.45) is 3.82. The van der Waals surface area contributed by atoms with Crippen LogP contribution in [0.4, 0.5) is 5.82 Å². The average molecular weight is 251 g/mol. The highest BCUT2D eigenvalue weighted by molar-refractivity contribution is 5.91. The topological polar surface area (TPSA) is 88.7 Å². The number of aromatic carboxylic acids is 1. The molecule has 0 atom stereocenters. The number of nitrogen functional groups attached to an aromatic ring is 1. The van der Waals surface area contributed by atoms with Crippen LogP contribution in [0.25, 0.3) is 0 Å². The number of nitrogens with zero attached hydrogens (tertiary/aromatic N) is 2. The van der Waals surface area contributed by atoms with Crippen LogP contribution < -0.4 is 10.5 Å². The van der Waals surface area contributed by atoms with Crippen molar-refractivity contribution in [3.63, 3.8) is 0 Å². The number of aromatic nitrogens is 1. The largest absolute Gasteiger partial charge is 0.490 e. The zero-order valence-electron chi connectivity index (χ0n) is 10.1. The number of hydrogen-bond acceptors (Lipinski definition) is 5. The lowest BCUT2D eigenvalue weighted by Gasteiger charge is -2.15. The van der Waals surface area contributed by atoms with E-state index in [1.807, 2.05) is 0 Å². The smallest absolute Gasteiger partial charge is 0.339 e. The van der Waals surface area contributed by atoms with Crippen LogP contribution in [0.1, 0.15) is 23.2 Å².